The Bertz CT molecular complexity index is 704. The fourth-order valence-corrected chi connectivity index (χ4v) is 2.25. The molecule has 1 amide bonds. The summed E-state index contributed by atoms with van der Waals surface area (Å²) in [7, 11) is 1.39. The van der Waals surface area contributed by atoms with E-state index < -0.39 is 29.2 Å². The number of halogens is 3. The van der Waals surface area contributed by atoms with E-state index in [1.165, 1.54) is 25.3 Å². The third-order valence-corrected chi connectivity index (χ3v) is 3.43. The summed E-state index contributed by atoms with van der Waals surface area (Å²) in [6.45, 7) is -0.369. The van der Waals surface area contributed by atoms with Crippen molar-refractivity contribution in [3.05, 3.63) is 64.2 Å². The Balaban J connectivity index is 2.12. The van der Waals surface area contributed by atoms with Crippen LogP contribution in [0.3, 0.4) is 0 Å². The lowest BCUT2D eigenvalue weighted by Crippen LogP contribution is -2.29. The van der Waals surface area contributed by atoms with E-state index in [0.717, 1.165) is 12.1 Å². The lowest BCUT2D eigenvalue weighted by Gasteiger charge is -2.15. The van der Waals surface area contributed by atoms with Gasteiger partial charge in [-0.1, -0.05) is 17.7 Å². The van der Waals surface area contributed by atoms with Gasteiger partial charge in [0.15, 0.2) is 0 Å². The number of hydrogen-bond donors (Lipinski definition) is 2. The van der Waals surface area contributed by atoms with Gasteiger partial charge in [0.05, 0.1) is 18.2 Å². The second kappa shape index (κ2) is 7.39. The highest BCUT2D eigenvalue weighted by Gasteiger charge is 2.20. The maximum atomic E-state index is 13.6. The van der Waals surface area contributed by atoms with E-state index in [2.05, 4.69) is 5.32 Å². The van der Waals surface area contributed by atoms with Crippen LogP contribution in [-0.2, 0) is 0 Å². The molecule has 2 N–H and O–H groups in total. The quantitative estimate of drug-likeness (QED) is 0.878. The van der Waals surface area contributed by atoms with Crippen molar-refractivity contribution in [2.75, 3.05) is 13.7 Å². The number of amides is 1. The average Bonchev–Trinajstić information content (AvgIpc) is 2.52. The molecule has 0 fully saturated rings. The first-order valence-corrected chi connectivity index (χ1v) is 7.05. The molecule has 0 aliphatic heterocycles. The number of ether oxygens (including phenoxy) is 1. The van der Waals surface area contributed by atoms with E-state index in [4.69, 9.17) is 16.3 Å². The number of methoxy groups -OCH3 is 1. The van der Waals surface area contributed by atoms with Crippen LogP contribution in [0.25, 0.3) is 0 Å². The molecule has 0 spiro atoms. The molecular weight excluding hydrogens is 328 g/mol. The Morgan fingerprint density at radius 2 is 1.96 bits per heavy atom. The molecule has 7 heteroatoms. The van der Waals surface area contributed by atoms with Gasteiger partial charge >= 0.3 is 0 Å². The lowest BCUT2D eigenvalue weighted by atomic mass is 10.1. The summed E-state index contributed by atoms with van der Waals surface area (Å²) in [5, 5.41) is 12.6. The maximum Gasteiger partial charge on any atom is 0.255 e. The molecule has 0 radical (unpaired) electrons. The third-order valence-electron chi connectivity index (χ3n) is 3.20. The molecule has 122 valence electrons. The summed E-state index contributed by atoms with van der Waals surface area (Å²) in [5.74, 6) is -2.06. The molecule has 2 aromatic carbocycles. The summed E-state index contributed by atoms with van der Waals surface area (Å²) in [4.78, 5) is 12.1. The van der Waals surface area contributed by atoms with E-state index in [1.807, 2.05) is 0 Å². The van der Waals surface area contributed by atoms with Crippen molar-refractivity contribution in [3.8, 4) is 5.75 Å². The van der Waals surface area contributed by atoms with E-state index >= 15 is 0 Å². The number of nitrogens with one attached hydrogen (secondary N) is 1. The largest absolute Gasteiger partial charge is 0.496 e. The highest BCUT2D eigenvalue weighted by molar-refractivity contribution is 6.31. The van der Waals surface area contributed by atoms with E-state index in [-0.39, 0.29) is 12.1 Å². The van der Waals surface area contributed by atoms with Crippen LogP contribution >= 0.6 is 11.6 Å². The molecule has 0 saturated heterocycles. The summed E-state index contributed by atoms with van der Waals surface area (Å²) < 4.78 is 32.2. The maximum absolute atomic E-state index is 13.6. The Labute approximate surface area is 136 Å². The first-order valence-electron chi connectivity index (χ1n) is 6.67. The highest BCUT2D eigenvalue weighted by atomic mass is 35.5. The van der Waals surface area contributed by atoms with Crippen molar-refractivity contribution < 1.29 is 23.4 Å². The van der Waals surface area contributed by atoms with Crippen LogP contribution in [0.4, 0.5) is 8.78 Å². The van der Waals surface area contributed by atoms with Crippen molar-refractivity contribution in [2.24, 2.45) is 0 Å². The molecule has 0 aliphatic carbocycles. The van der Waals surface area contributed by atoms with Gasteiger partial charge in [-0.15, -0.1) is 0 Å². The molecule has 0 heterocycles. The number of aliphatic hydroxyl groups excluding tert-OH is 1. The first kappa shape index (κ1) is 17.2. The van der Waals surface area contributed by atoms with Gasteiger partial charge in [0.2, 0.25) is 0 Å². The van der Waals surface area contributed by atoms with Crippen molar-refractivity contribution in [1.29, 1.82) is 0 Å². The molecule has 0 saturated carbocycles. The SMILES string of the molecule is COc1ccc(Cl)cc1C(=O)NCC(O)c1c(F)cccc1F. The van der Waals surface area contributed by atoms with Gasteiger partial charge in [-0.25, -0.2) is 8.78 Å². The van der Waals surface area contributed by atoms with Gasteiger partial charge in [-0.3, -0.25) is 4.79 Å². The van der Waals surface area contributed by atoms with Crippen LogP contribution in [0.2, 0.25) is 5.02 Å². The number of rotatable bonds is 5. The number of aliphatic hydroxyl groups is 1. The molecule has 0 bridgehead atoms. The minimum Gasteiger partial charge on any atom is -0.496 e. The van der Waals surface area contributed by atoms with Crippen LogP contribution < -0.4 is 10.1 Å². The van der Waals surface area contributed by atoms with Crippen LogP contribution in [0, 0.1) is 11.6 Å². The number of hydrogen-bond acceptors (Lipinski definition) is 3. The second-order valence-electron chi connectivity index (χ2n) is 4.71. The third kappa shape index (κ3) is 3.97. The summed E-state index contributed by atoms with van der Waals surface area (Å²) in [6.07, 6.45) is -1.52. The predicted octanol–water partition coefficient (Wildman–Crippen LogP) is 3.09. The van der Waals surface area contributed by atoms with Crippen LogP contribution in [0.15, 0.2) is 36.4 Å². The van der Waals surface area contributed by atoms with Crippen molar-refractivity contribution >= 4 is 17.5 Å². The van der Waals surface area contributed by atoms with Crippen LogP contribution in [-0.4, -0.2) is 24.7 Å². The molecule has 1 unspecified atom stereocenters. The van der Waals surface area contributed by atoms with Crippen LogP contribution in [0.1, 0.15) is 22.0 Å². The lowest BCUT2D eigenvalue weighted by molar-refractivity contribution is 0.0908. The molecule has 0 aromatic heterocycles. The molecule has 1 atom stereocenters. The zero-order valence-corrected chi connectivity index (χ0v) is 12.9. The predicted molar refractivity (Wildman–Crippen MR) is 81.7 cm³/mol. The van der Waals surface area contributed by atoms with Gasteiger partial charge in [0.1, 0.15) is 23.5 Å². The first-order chi connectivity index (χ1) is 10.9. The van der Waals surface area contributed by atoms with Gasteiger partial charge in [-0.2, -0.15) is 0 Å². The zero-order chi connectivity index (χ0) is 17.0. The molecular formula is C16H14ClF2NO3. The monoisotopic (exact) mass is 341 g/mol. The van der Waals surface area contributed by atoms with Crippen molar-refractivity contribution in [2.45, 2.75) is 6.10 Å². The van der Waals surface area contributed by atoms with Gasteiger partial charge in [0.25, 0.3) is 5.91 Å². The molecule has 2 aromatic rings. The van der Waals surface area contributed by atoms with Crippen LogP contribution in [0.5, 0.6) is 5.75 Å². The Hall–Kier alpha value is -2.18. The minimum atomic E-state index is -1.52. The molecule has 23 heavy (non-hydrogen) atoms. The highest BCUT2D eigenvalue weighted by Crippen LogP contribution is 2.23. The number of carbonyl (C=O) groups excluding carboxylic acids is 1. The fourth-order valence-electron chi connectivity index (χ4n) is 2.07. The van der Waals surface area contributed by atoms with Crippen molar-refractivity contribution in [3.63, 3.8) is 0 Å². The minimum absolute atomic E-state index is 0.154. The molecule has 4 nitrogen and oxygen atoms in total. The molecule has 2 rings (SSSR count). The number of benzene rings is 2. The fraction of sp³-hybridized carbons (Fsp3) is 0.188. The average molecular weight is 342 g/mol. The number of carbonyl (C=O) groups is 1. The van der Waals surface area contributed by atoms with E-state index in [0.29, 0.717) is 10.8 Å². The normalized spacial score (nSPS) is 11.9. The second-order valence-corrected chi connectivity index (χ2v) is 5.14. The zero-order valence-electron chi connectivity index (χ0n) is 12.1. The van der Waals surface area contributed by atoms with Crippen molar-refractivity contribution in [1.82, 2.24) is 5.32 Å². The van der Waals surface area contributed by atoms with Gasteiger partial charge in [-0.05, 0) is 30.3 Å². The molecule has 0 aliphatic rings. The Morgan fingerprint density at radius 3 is 2.57 bits per heavy atom. The standard InChI is InChI=1S/C16H14ClF2NO3/c1-23-14-6-5-9(17)7-10(14)16(22)20-8-13(21)15-11(18)3-2-4-12(15)19/h2-7,13,21H,8H2,1H3,(H,20,22). The summed E-state index contributed by atoms with van der Waals surface area (Å²) in [6, 6.07) is 7.72. The van der Waals surface area contributed by atoms with Gasteiger partial charge in [0, 0.05) is 11.6 Å². The van der Waals surface area contributed by atoms with Gasteiger partial charge < -0.3 is 15.2 Å². The topological polar surface area (TPSA) is 58.6 Å². The Morgan fingerprint density at radius 1 is 1.30 bits per heavy atom. The Kier molecular flexibility index (Phi) is 5.52. The van der Waals surface area contributed by atoms with E-state index in [1.54, 1.807) is 6.07 Å². The summed E-state index contributed by atoms with van der Waals surface area (Å²) >= 11 is 5.83. The summed E-state index contributed by atoms with van der Waals surface area (Å²) in [5.41, 5.74) is -0.341. The van der Waals surface area contributed by atoms with E-state index in [9.17, 15) is 18.7 Å². The smallest absolute Gasteiger partial charge is 0.255 e.